The third-order valence-corrected chi connectivity index (χ3v) is 11.0. The highest BCUT2D eigenvalue weighted by Gasteiger charge is 2.81. The summed E-state index contributed by atoms with van der Waals surface area (Å²) in [5.41, 5.74) is -1.98. The first-order valence-electron chi connectivity index (χ1n) is 11.4. The van der Waals surface area contributed by atoms with E-state index in [0.29, 0.717) is 41.9 Å². The summed E-state index contributed by atoms with van der Waals surface area (Å²) in [4.78, 5) is 0. The maximum Gasteiger partial charge on any atom is 0.134 e. The van der Waals surface area contributed by atoms with E-state index in [9.17, 15) is 20.4 Å². The van der Waals surface area contributed by atoms with E-state index in [2.05, 4.69) is 25.7 Å². The van der Waals surface area contributed by atoms with Crippen molar-refractivity contribution in [2.75, 3.05) is 6.61 Å². The van der Waals surface area contributed by atoms with Crippen molar-refractivity contribution in [3.8, 4) is 11.8 Å². The Labute approximate surface area is 167 Å². The summed E-state index contributed by atoms with van der Waals surface area (Å²) in [5.74, 6) is 9.14. The third-order valence-electron chi connectivity index (χ3n) is 11.0. The third kappa shape index (κ3) is 1.81. The van der Waals surface area contributed by atoms with Gasteiger partial charge in [0.05, 0.1) is 11.7 Å². The van der Waals surface area contributed by atoms with E-state index in [1.165, 1.54) is 0 Å². The predicted molar refractivity (Wildman–Crippen MR) is 104 cm³/mol. The Morgan fingerprint density at radius 1 is 0.929 bits per heavy atom. The van der Waals surface area contributed by atoms with Crippen LogP contribution in [0.25, 0.3) is 0 Å². The summed E-state index contributed by atoms with van der Waals surface area (Å²) in [7, 11) is 0. The number of rotatable bonds is 0. The van der Waals surface area contributed by atoms with Crippen molar-refractivity contribution < 1.29 is 20.4 Å². The summed E-state index contributed by atoms with van der Waals surface area (Å²) in [6.45, 7) is 4.38. The molecule has 154 valence electrons. The molecule has 4 N–H and O–H groups in total. The zero-order valence-electron chi connectivity index (χ0n) is 17.1. The average molecular weight is 390 g/mol. The lowest BCUT2D eigenvalue weighted by Gasteiger charge is -2.64. The summed E-state index contributed by atoms with van der Waals surface area (Å²) in [5, 5.41) is 43.1. The lowest BCUT2D eigenvalue weighted by Crippen LogP contribution is -2.65. The molecule has 0 aliphatic heterocycles. The highest BCUT2D eigenvalue weighted by Crippen LogP contribution is 2.81. The molecule has 0 saturated heterocycles. The summed E-state index contributed by atoms with van der Waals surface area (Å²) >= 11 is 0. The van der Waals surface area contributed by atoms with Crippen LogP contribution < -0.4 is 0 Å². The van der Waals surface area contributed by atoms with Crippen LogP contribution in [-0.2, 0) is 0 Å². The molecule has 0 radical (unpaired) electrons. The van der Waals surface area contributed by atoms with Gasteiger partial charge in [-0.25, -0.2) is 0 Å². The van der Waals surface area contributed by atoms with Crippen LogP contribution in [0.15, 0.2) is 0 Å². The molecule has 0 heterocycles. The van der Waals surface area contributed by atoms with Crippen LogP contribution in [0.3, 0.4) is 0 Å². The zero-order valence-corrected chi connectivity index (χ0v) is 17.1. The Balaban J connectivity index is 1.42. The van der Waals surface area contributed by atoms with Crippen LogP contribution >= 0.6 is 0 Å². The first kappa shape index (κ1) is 18.2. The zero-order chi connectivity index (χ0) is 19.7. The van der Waals surface area contributed by atoms with E-state index in [1.54, 1.807) is 0 Å². The fraction of sp³-hybridized carbons (Fsp3) is 0.917. The molecule has 0 spiro atoms. The van der Waals surface area contributed by atoms with Crippen LogP contribution in [0, 0.1) is 64.1 Å². The van der Waals surface area contributed by atoms with Crippen molar-refractivity contribution in [1.29, 1.82) is 0 Å². The average Bonchev–Trinajstić information content (AvgIpc) is 3.54. The largest absolute Gasteiger partial charge is 0.393 e. The van der Waals surface area contributed by atoms with Crippen molar-refractivity contribution >= 4 is 0 Å². The number of aliphatic hydroxyl groups excluding tert-OH is 2. The number of hydrogen-bond donors (Lipinski definition) is 4. The lowest BCUT2D eigenvalue weighted by molar-refractivity contribution is -0.233. The van der Waals surface area contributed by atoms with Gasteiger partial charge in [0.1, 0.15) is 12.2 Å². The van der Waals surface area contributed by atoms with Crippen LogP contribution in [0.2, 0.25) is 0 Å². The summed E-state index contributed by atoms with van der Waals surface area (Å²) < 4.78 is 0. The second-order valence-corrected chi connectivity index (χ2v) is 11.6. The Kier molecular flexibility index (Phi) is 3.36. The molecule has 0 bridgehead atoms. The minimum atomic E-state index is -0.960. The first-order chi connectivity index (χ1) is 13.2. The summed E-state index contributed by atoms with van der Waals surface area (Å²) in [6.07, 6.45) is 6.06. The molecule has 28 heavy (non-hydrogen) atoms. The number of aliphatic hydroxyl groups is 4. The molecule has 4 heteroatoms. The lowest BCUT2D eigenvalue weighted by atomic mass is 9.42. The molecule has 4 nitrogen and oxygen atoms in total. The SMILES string of the molecule is C[C@@]12CC[C@@H](O)C[C@]1(O)[C@H]1C[C@H]1[C@@H]1[C@H]3[C@H]4C[C@H]4[C@](O)([13C]#[13C][13CH2]O)[C@]3(C)CC[C@H]12. The minimum absolute atomic E-state index is 0.113. The van der Waals surface area contributed by atoms with E-state index in [0.717, 1.165) is 38.5 Å². The molecule has 0 unspecified atom stereocenters. The van der Waals surface area contributed by atoms with E-state index in [-0.39, 0.29) is 29.5 Å². The predicted octanol–water partition coefficient (Wildman–Crippen LogP) is 1.94. The highest BCUT2D eigenvalue weighted by atomic mass is 16.3. The molecule has 0 aromatic rings. The van der Waals surface area contributed by atoms with Gasteiger partial charge < -0.3 is 20.4 Å². The molecule has 6 saturated carbocycles. The maximum atomic E-state index is 11.8. The quantitative estimate of drug-likeness (QED) is 0.377. The van der Waals surface area contributed by atoms with Gasteiger partial charge in [0.15, 0.2) is 0 Å². The van der Waals surface area contributed by atoms with Gasteiger partial charge in [0.2, 0.25) is 0 Å². The molecule has 0 aromatic heterocycles. The van der Waals surface area contributed by atoms with Gasteiger partial charge in [-0.3, -0.25) is 0 Å². The normalized spacial score (nSPS) is 65.6. The number of hydrogen-bond acceptors (Lipinski definition) is 4. The summed E-state index contributed by atoms with van der Waals surface area (Å²) in [6, 6.07) is 0. The molecule has 6 aliphatic rings. The fourth-order valence-electron chi connectivity index (χ4n) is 9.57. The van der Waals surface area contributed by atoms with Crippen LogP contribution in [-0.4, -0.2) is 44.3 Å². The molecular formula is C24H34O4. The van der Waals surface area contributed by atoms with Gasteiger partial charge in [0.25, 0.3) is 0 Å². The Morgan fingerprint density at radius 3 is 2.39 bits per heavy atom. The van der Waals surface area contributed by atoms with E-state index < -0.39 is 11.2 Å². The monoisotopic (exact) mass is 389 g/mol. The topological polar surface area (TPSA) is 80.9 Å². The maximum absolute atomic E-state index is 11.8. The van der Waals surface area contributed by atoms with Crippen LogP contribution in [0.5, 0.6) is 0 Å². The number of fused-ring (bicyclic) bond motifs is 10. The smallest absolute Gasteiger partial charge is 0.134 e. The molecule has 0 amide bonds. The standard InChI is InChI=1S/C24H34O4/c1-21-7-4-13(26)12-24(21,28)17-10-14(17)19-16(21)5-8-22(2)20(19)15-11-18(15)23(22,27)6-3-9-25/h13-20,25-28H,4-5,7-12H2,1-2H3/t13-,14-,15+,16-,17+,18-,19+,20-,21+,22-,23-,24+/m1/s1/i3+1,6+1,9+1. The van der Waals surface area contributed by atoms with Gasteiger partial charge in [0, 0.05) is 17.8 Å². The molecule has 6 aliphatic carbocycles. The van der Waals surface area contributed by atoms with Crippen LogP contribution in [0.1, 0.15) is 58.8 Å². The van der Waals surface area contributed by atoms with Crippen molar-refractivity contribution in [3.05, 3.63) is 0 Å². The van der Waals surface area contributed by atoms with E-state index in [1.807, 2.05) is 0 Å². The molecule has 6 fully saturated rings. The first-order valence-corrected chi connectivity index (χ1v) is 11.4. The highest BCUT2D eigenvalue weighted by molar-refractivity contribution is 5.36. The van der Waals surface area contributed by atoms with Crippen molar-refractivity contribution in [2.24, 2.45) is 52.3 Å². The van der Waals surface area contributed by atoms with Crippen LogP contribution in [0.4, 0.5) is 0 Å². The van der Waals surface area contributed by atoms with E-state index in [4.69, 9.17) is 0 Å². The minimum Gasteiger partial charge on any atom is -0.393 e. The van der Waals surface area contributed by atoms with Gasteiger partial charge in [-0.05, 0) is 79.4 Å². The van der Waals surface area contributed by atoms with Crippen molar-refractivity contribution in [2.45, 2.75) is 76.1 Å². The molecule has 12 atom stereocenters. The van der Waals surface area contributed by atoms with E-state index >= 15 is 0 Å². The second-order valence-electron chi connectivity index (χ2n) is 11.6. The fourth-order valence-corrected chi connectivity index (χ4v) is 9.57. The Hall–Kier alpha value is -0.600. The Morgan fingerprint density at radius 2 is 1.64 bits per heavy atom. The molecule has 0 aromatic carbocycles. The van der Waals surface area contributed by atoms with Gasteiger partial charge in [-0.2, -0.15) is 0 Å². The van der Waals surface area contributed by atoms with Crippen molar-refractivity contribution in [3.63, 3.8) is 0 Å². The molecule has 6 rings (SSSR count). The van der Waals surface area contributed by atoms with Crippen molar-refractivity contribution in [1.82, 2.24) is 0 Å². The van der Waals surface area contributed by atoms with Gasteiger partial charge in [-0.1, -0.05) is 25.7 Å². The Bertz CT molecular complexity index is 785. The van der Waals surface area contributed by atoms with Gasteiger partial charge in [-0.15, -0.1) is 0 Å². The second kappa shape index (κ2) is 5.17. The molecular weight excluding hydrogens is 355 g/mol. The van der Waals surface area contributed by atoms with Gasteiger partial charge >= 0.3 is 0 Å².